The number of nitrogens with one attached hydrogen (secondary N) is 1. The average molecular weight is 666 g/mol. The van der Waals surface area contributed by atoms with Crippen LogP contribution in [0.2, 0.25) is 0 Å². The predicted molar refractivity (Wildman–Crippen MR) is 191 cm³/mol. The molecule has 5 heterocycles. The van der Waals surface area contributed by atoms with E-state index in [4.69, 9.17) is 9.72 Å². The molecule has 0 saturated carbocycles. The van der Waals surface area contributed by atoms with Gasteiger partial charge in [0.15, 0.2) is 0 Å². The number of rotatable bonds is 9. The number of methoxy groups -OCH3 is 1. The molecule has 12 nitrogen and oxygen atoms in total. The van der Waals surface area contributed by atoms with E-state index in [1.54, 1.807) is 23.1 Å². The Morgan fingerprint density at radius 3 is 2.49 bits per heavy atom. The van der Waals surface area contributed by atoms with Crippen molar-refractivity contribution in [3.8, 4) is 5.75 Å². The van der Waals surface area contributed by atoms with Gasteiger partial charge in [0, 0.05) is 88.5 Å². The van der Waals surface area contributed by atoms with Crippen LogP contribution in [-0.4, -0.2) is 120 Å². The van der Waals surface area contributed by atoms with E-state index in [0.717, 1.165) is 74.6 Å². The fraction of sp³-hybridized carbons (Fsp3) is 0.459. The highest BCUT2D eigenvalue weighted by molar-refractivity contribution is 5.95. The summed E-state index contributed by atoms with van der Waals surface area (Å²) in [7, 11) is 3.88. The second-order valence-corrected chi connectivity index (χ2v) is 13.5. The number of aromatic nitrogens is 2. The topological polar surface area (TPSA) is 101 Å². The molecule has 3 amide bonds. The summed E-state index contributed by atoms with van der Waals surface area (Å²) < 4.78 is 5.85. The van der Waals surface area contributed by atoms with Gasteiger partial charge >= 0.3 is 6.03 Å². The van der Waals surface area contributed by atoms with Crippen LogP contribution in [0, 0.1) is 0 Å². The molecule has 3 aromatic rings. The van der Waals surface area contributed by atoms with Crippen LogP contribution in [0.3, 0.4) is 0 Å². The third-order valence-corrected chi connectivity index (χ3v) is 10.5. The maximum absolute atomic E-state index is 14.1. The van der Waals surface area contributed by atoms with Crippen LogP contribution in [0.25, 0.3) is 0 Å². The molecule has 0 spiro atoms. The Morgan fingerprint density at radius 1 is 1.00 bits per heavy atom. The van der Waals surface area contributed by atoms with Crippen LogP contribution >= 0.6 is 0 Å². The third-order valence-electron chi connectivity index (χ3n) is 10.5. The highest BCUT2D eigenvalue weighted by Crippen LogP contribution is 2.36. The first-order valence-electron chi connectivity index (χ1n) is 17.4. The van der Waals surface area contributed by atoms with Crippen LogP contribution < -0.4 is 19.9 Å². The number of carbonyl (C=O) groups is 2. The normalized spacial score (nSPS) is 20.8. The minimum atomic E-state index is -0.217. The van der Waals surface area contributed by atoms with Crippen LogP contribution in [-0.2, 0) is 17.9 Å². The molecule has 4 aliphatic heterocycles. The quantitative estimate of drug-likeness (QED) is 0.338. The van der Waals surface area contributed by atoms with Gasteiger partial charge < -0.3 is 29.7 Å². The number of hydrogen-bond donors (Lipinski definition) is 1. The van der Waals surface area contributed by atoms with E-state index in [-0.39, 0.29) is 18.0 Å². The molecule has 0 aliphatic carbocycles. The number of likely N-dealkylation sites (N-methyl/N-ethyl adjacent to an activating group) is 1. The van der Waals surface area contributed by atoms with E-state index in [9.17, 15) is 9.59 Å². The number of carbonyl (C=O) groups excluding carboxylic acids is 2. The highest BCUT2D eigenvalue weighted by Gasteiger charge is 2.40. The molecule has 1 aromatic heterocycles. The first kappa shape index (κ1) is 32.8. The number of likely N-dealkylation sites (tertiary alicyclic amines) is 1. The van der Waals surface area contributed by atoms with Gasteiger partial charge in [-0.2, -0.15) is 4.98 Å². The van der Waals surface area contributed by atoms with Crippen molar-refractivity contribution >= 4 is 35.1 Å². The summed E-state index contributed by atoms with van der Waals surface area (Å²) >= 11 is 0. The largest absolute Gasteiger partial charge is 0.494 e. The minimum Gasteiger partial charge on any atom is -0.494 e. The van der Waals surface area contributed by atoms with E-state index >= 15 is 0 Å². The predicted octanol–water partition coefficient (Wildman–Crippen LogP) is 4.17. The molecule has 0 radical (unpaired) electrons. The van der Waals surface area contributed by atoms with Crippen LogP contribution in [0.4, 0.5) is 27.9 Å². The second kappa shape index (κ2) is 14.4. The molecule has 4 aliphatic rings. The van der Waals surface area contributed by atoms with E-state index in [1.165, 1.54) is 6.08 Å². The third kappa shape index (κ3) is 7.06. The van der Waals surface area contributed by atoms with E-state index < -0.39 is 0 Å². The summed E-state index contributed by atoms with van der Waals surface area (Å²) in [5.41, 5.74) is 3.79. The molecule has 1 atom stereocenters. The number of benzene rings is 2. The molecule has 7 rings (SSSR count). The smallest absolute Gasteiger partial charge is 0.326 e. The maximum Gasteiger partial charge on any atom is 0.326 e. The highest BCUT2D eigenvalue weighted by atomic mass is 16.5. The van der Waals surface area contributed by atoms with Crippen molar-refractivity contribution < 1.29 is 14.3 Å². The first-order chi connectivity index (χ1) is 23.9. The zero-order valence-corrected chi connectivity index (χ0v) is 28.6. The van der Waals surface area contributed by atoms with Crippen molar-refractivity contribution in [2.24, 2.45) is 0 Å². The summed E-state index contributed by atoms with van der Waals surface area (Å²) in [6.07, 6.45) is 6.10. The maximum atomic E-state index is 14.1. The van der Waals surface area contributed by atoms with Crippen molar-refractivity contribution in [3.05, 3.63) is 78.5 Å². The lowest BCUT2D eigenvalue weighted by atomic mass is 10.0. The standard InChI is InChI=1S/C37H47N9O3/c1-4-34(47)44-17-14-31(26-44)46-35-28(25-45(37(46)48)24-27-8-6-5-7-9-27)23-38-36(40-35)39-32-11-10-30(22-33(32)49-3)42-15-12-29(13-16-42)43-20-18-41(2)19-21-43/h4-11,22-23,29,31H,1,12-21,24-26H2,2-3H3,(H,38,39,40). The number of ether oxygens (including phenoxy) is 1. The van der Waals surface area contributed by atoms with Crippen LogP contribution in [0.5, 0.6) is 5.75 Å². The van der Waals surface area contributed by atoms with Gasteiger partial charge in [0.1, 0.15) is 11.6 Å². The molecular formula is C37H47N9O3. The van der Waals surface area contributed by atoms with Gasteiger partial charge in [0.05, 0.1) is 25.4 Å². The van der Waals surface area contributed by atoms with Crippen molar-refractivity contribution in [1.29, 1.82) is 0 Å². The number of piperidine rings is 1. The molecule has 3 fully saturated rings. The summed E-state index contributed by atoms with van der Waals surface area (Å²) in [6, 6.07) is 16.5. The van der Waals surface area contributed by atoms with Crippen LogP contribution in [0.15, 0.2) is 67.4 Å². The van der Waals surface area contributed by atoms with Crippen molar-refractivity contribution in [2.45, 2.75) is 44.4 Å². The summed E-state index contributed by atoms with van der Waals surface area (Å²) in [5, 5.41) is 3.36. The SMILES string of the molecule is C=CC(=O)N1CCC(N2C(=O)N(Cc3ccccc3)Cc3cnc(Nc4ccc(N5CCC(N6CCN(C)CC6)CC5)cc4OC)nc32)C1. The van der Waals surface area contributed by atoms with Gasteiger partial charge in [-0.05, 0) is 50.1 Å². The molecular weight excluding hydrogens is 618 g/mol. The monoisotopic (exact) mass is 665 g/mol. The van der Waals surface area contributed by atoms with Crippen molar-refractivity contribution in [2.75, 3.05) is 81.6 Å². The average Bonchev–Trinajstić information content (AvgIpc) is 3.63. The van der Waals surface area contributed by atoms with Gasteiger partial charge in [0.2, 0.25) is 11.9 Å². The van der Waals surface area contributed by atoms with E-state index in [2.05, 4.69) is 50.8 Å². The number of anilines is 4. The summed E-state index contributed by atoms with van der Waals surface area (Å²) in [4.78, 5) is 49.0. The molecule has 1 N–H and O–H groups in total. The van der Waals surface area contributed by atoms with Crippen molar-refractivity contribution in [3.63, 3.8) is 0 Å². The van der Waals surface area contributed by atoms with Crippen LogP contribution in [0.1, 0.15) is 30.4 Å². The Labute approximate surface area is 288 Å². The zero-order chi connectivity index (χ0) is 33.9. The number of hydrogen-bond acceptors (Lipinski definition) is 9. The van der Waals surface area contributed by atoms with Gasteiger partial charge in [-0.1, -0.05) is 36.9 Å². The molecule has 2 aromatic carbocycles. The molecule has 258 valence electrons. The minimum absolute atomic E-state index is 0.128. The Hall–Kier alpha value is -4.68. The number of piperazine rings is 1. The fourth-order valence-corrected chi connectivity index (χ4v) is 7.61. The molecule has 12 heteroatoms. The molecule has 0 bridgehead atoms. The van der Waals surface area contributed by atoms with Gasteiger partial charge in [0.25, 0.3) is 0 Å². The fourth-order valence-electron chi connectivity index (χ4n) is 7.61. The van der Waals surface area contributed by atoms with Crippen molar-refractivity contribution in [1.82, 2.24) is 29.6 Å². The zero-order valence-electron chi connectivity index (χ0n) is 28.6. The Balaban J connectivity index is 1.09. The number of urea groups is 1. The van der Waals surface area contributed by atoms with Gasteiger partial charge in [-0.25, -0.2) is 9.78 Å². The Kier molecular flexibility index (Phi) is 9.67. The number of nitrogens with zero attached hydrogens (tertiary/aromatic N) is 8. The lowest BCUT2D eigenvalue weighted by molar-refractivity contribution is -0.125. The van der Waals surface area contributed by atoms with Gasteiger partial charge in [-0.3, -0.25) is 14.6 Å². The molecule has 49 heavy (non-hydrogen) atoms. The lowest BCUT2D eigenvalue weighted by Crippen LogP contribution is -2.52. The first-order valence-corrected chi connectivity index (χ1v) is 17.4. The number of amides is 3. The van der Waals surface area contributed by atoms with Gasteiger partial charge in [-0.15, -0.1) is 0 Å². The summed E-state index contributed by atoms with van der Waals surface area (Å²) in [5.74, 6) is 1.53. The second-order valence-electron chi connectivity index (χ2n) is 13.5. The lowest BCUT2D eigenvalue weighted by Gasteiger charge is -2.42. The molecule has 3 saturated heterocycles. The Morgan fingerprint density at radius 2 is 1.76 bits per heavy atom. The van der Waals surface area contributed by atoms with E-state index in [1.807, 2.05) is 41.3 Å². The Bertz CT molecular complexity index is 1650. The number of fused-ring (bicyclic) bond motifs is 1. The van der Waals surface area contributed by atoms with E-state index in [0.29, 0.717) is 56.2 Å². The summed E-state index contributed by atoms with van der Waals surface area (Å²) in [6.45, 7) is 12.1. The molecule has 1 unspecified atom stereocenters.